The summed E-state index contributed by atoms with van der Waals surface area (Å²) in [5.74, 6) is 0.455. The number of carbonyl (C=O) groups excluding carboxylic acids is 1. The van der Waals surface area contributed by atoms with Crippen LogP contribution in [0.25, 0.3) is 11.1 Å². The molecule has 1 aromatic carbocycles. The van der Waals surface area contributed by atoms with Crippen molar-refractivity contribution in [3.63, 3.8) is 0 Å². The average molecular weight is 358 g/mol. The van der Waals surface area contributed by atoms with Crippen molar-refractivity contribution >= 4 is 28.8 Å². The van der Waals surface area contributed by atoms with Crippen LogP contribution in [0.4, 0.5) is 0 Å². The fourth-order valence-corrected chi connectivity index (χ4v) is 3.17. The third kappa shape index (κ3) is 4.48. The van der Waals surface area contributed by atoms with Gasteiger partial charge in [-0.2, -0.15) is 0 Å². The molecule has 25 heavy (non-hydrogen) atoms. The number of para-hydroxylation sites is 2. The van der Waals surface area contributed by atoms with Gasteiger partial charge in [-0.25, -0.2) is 9.97 Å². The van der Waals surface area contributed by atoms with E-state index < -0.39 is 0 Å². The van der Waals surface area contributed by atoms with Crippen LogP contribution in [0.3, 0.4) is 0 Å². The number of aromatic nitrogens is 3. The van der Waals surface area contributed by atoms with Crippen LogP contribution in [0, 0.1) is 6.92 Å². The van der Waals surface area contributed by atoms with Crippen LogP contribution in [0.5, 0.6) is 0 Å². The second kappa shape index (κ2) is 7.52. The molecule has 8 heteroatoms. The minimum absolute atomic E-state index is 0.134. The zero-order valence-corrected chi connectivity index (χ0v) is 14.7. The summed E-state index contributed by atoms with van der Waals surface area (Å²) in [6.07, 6.45) is 0.511. The van der Waals surface area contributed by atoms with Crippen LogP contribution in [0.15, 0.2) is 44.7 Å². The number of amides is 1. The molecule has 2 aromatic heterocycles. The Balaban J connectivity index is 1.52. The van der Waals surface area contributed by atoms with E-state index in [2.05, 4.69) is 20.3 Å². The second-order valence-corrected chi connectivity index (χ2v) is 6.90. The van der Waals surface area contributed by atoms with E-state index in [0.717, 1.165) is 11.1 Å². The van der Waals surface area contributed by atoms with E-state index in [9.17, 15) is 9.59 Å². The van der Waals surface area contributed by atoms with Gasteiger partial charge in [0.25, 0.3) is 5.56 Å². The molecule has 130 valence electrons. The van der Waals surface area contributed by atoms with Gasteiger partial charge in [-0.1, -0.05) is 23.9 Å². The SMILES string of the molecule is Cc1cc(=O)[nH]c(S[C@H](C)C(=O)NCCc2nc3ccccc3o2)n1. The lowest BCUT2D eigenvalue weighted by Gasteiger charge is -2.10. The number of rotatable bonds is 6. The van der Waals surface area contributed by atoms with Gasteiger partial charge in [0.05, 0.1) is 5.25 Å². The molecule has 2 heterocycles. The van der Waals surface area contributed by atoms with Crippen molar-refractivity contribution in [3.05, 3.63) is 52.3 Å². The molecular weight excluding hydrogens is 340 g/mol. The molecule has 2 N–H and O–H groups in total. The number of carbonyl (C=O) groups is 1. The molecule has 1 atom stereocenters. The van der Waals surface area contributed by atoms with Gasteiger partial charge in [-0.3, -0.25) is 9.59 Å². The van der Waals surface area contributed by atoms with Crippen molar-refractivity contribution < 1.29 is 9.21 Å². The molecule has 3 aromatic rings. The minimum Gasteiger partial charge on any atom is -0.441 e. The summed E-state index contributed by atoms with van der Waals surface area (Å²) in [6.45, 7) is 3.93. The van der Waals surface area contributed by atoms with Gasteiger partial charge in [0.15, 0.2) is 16.6 Å². The maximum absolute atomic E-state index is 12.2. The summed E-state index contributed by atoms with van der Waals surface area (Å²) in [4.78, 5) is 34.8. The summed E-state index contributed by atoms with van der Waals surface area (Å²) in [7, 11) is 0. The van der Waals surface area contributed by atoms with Gasteiger partial charge in [0.1, 0.15) is 5.52 Å². The molecule has 0 radical (unpaired) electrons. The summed E-state index contributed by atoms with van der Waals surface area (Å²) >= 11 is 1.21. The number of nitrogens with one attached hydrogen (secondary N) is 2. The second-order valence-electron chi connectivity index (χ2n) is 5.57. The van der Waals surface area contributed by atoms with Crippen molar-refractivity contribution in [2.75, 3.05) is 6.54 Å². The number of thioether (sulfide) groups is 1. The third-order valence-corrected chi connectivity index (χ3v) is 4.47. The van der Waals surface area contributed by atoms with E-state index in [1.807, 2.05) is 24.3 Å². The van der Waals surface area contributed by atoms with Gasteiger partial charge in [0, 0.05) is 24.7 Å². The van der Waals surface area contributed by atoms with E-state index in [1.54, 1.807) is 13.8 Å². The monoisotopic (exact) mass is 358 g/mol. The van der Waals surface area contributed by atoms with Gasteiger partial charge in [-0.05, 0) is 26.0 Å². The minimum atomic E-state index is -0.381. The lowest BCUT2D eigenvalue weighted by molar-refractivity contribution is -0.120. The van der Waals surface area contributed by atoms with E-state index in [1.165, 1.54) is 17.8 Å². The average Bonchev–Trinajstić information content (AvgIpc) is 2.96. The number of oxazole rings is 1. The zero-order chi connectivity index (χ0) is 17.8. The normalized spacial score (nSPS) is 12.2. The van der Waals surface area contributed by atoms with Crippen LogP contribution in [-0.4, -0.2) is 32.7 Å². The molecule has 7 nitrogen and oxygen atoms in total. The Labute approximate surface area is 148 Å². The highest BCUT2D eigenvalue weighted by Gasteiger charge is 2.16. The molecule has 0 saturated heterocycles. The van der Waals surface area contributed by atoms with Gasteiger partial charge in [0.2, 0.25) is 5.91 Å². The summed E-state index contributed by atoms with van der Waals surface area (Å²) in [5, 5.41) is 2.90. The predicted octanol–water partition coefficient (Wildman–Crippen LogP) is 2.06. The fourth-order valence-electron chi connectivity index (χ4n) is 2.29. The molecular formula is C17H18N4O3S. The number of benzene rings is 1. The Morgan fingerprint density at radius 3 is 2.92 bits per heavy atom. The van der Waals surface area contributed by atoms with Crippen LogP contribution in [0.1, 0.15) is 18.5 Å². The molecule has 0 aliphatic carbocycles. The molecule has 0 spiro atoms. The first-order valence-corrected chi connectivity index (χ1v) is 8.76. The quantitative estimate of drug-likeness (QED) is 0.517. The lowest BCUT2D eigenvalue weighted by atomic mass is 10.3. The molecule has 3 rings (SSSR count). The molecule has 1 amide bonds. The topological polar surface area (TPSA) is 101 Å². The standard InChI is InChI=1S/C17H18N4O3S/c1-10-9-14(22)21-17(19-10)25-11(2)16(23)18-8-7-15-20-12-5-3-4-6-13(12)24-15/h3-6,9,11H,7-8H2,1-2H3,(H,18,23)(H,19,21,22)/t11-/m1/s1. The molecule has 0 fully saturated rings. The van der Waals surface area contributed by atoms with Gasteiger partial charge in [-0.15, -0.1) is 0 Å². The van der Waals surface area contributed by atoms with Crippen LogP contribution >= 0.6 is 11.8 Å². The first-order valence-electron chi connectivity index (χ1n) is 7.88. The fraction of sp³-hybridized carbons (Fsp3) is 0.294. The molecule has 0 aliphatic rings. The van der Waals surface area contributed by atoms with Crippen LogP contribution in [0.2, 0.25) is 0 Å². The Morgan fingerprint density at radius 1 is 1.36 bits per heavy atom. The van der Waals surface area contributed by atoms with E-state index in [4.69, 9.17) is 4.42 Å². The Bertz CT molecular complexity index is 917. The number of hydrogen-bond donors (Lipinski definition) is 2. The summed E-state index contributed by atoms with van der Waals surface area (Å²) < 4.78 is 5.61. The highest BCUT2D eigenvalue weighted by atomic mass is 32.2. The number of fused-ring (bicyclic) bond motifs is 1. The predicted molar refractivity (Wildman–Crippen MR) is 95.6 cm³/mol. The molecule has 0 saturated carbocycles. The first kappa shape index (κ1) is 17.2. The maximum atomic E-state index is 12.2. The van der Waals surface area contributed by atoms with Gasteiger partial charge < -0.3 is 14.7 Å². The zero-order valence-electron chi connectivity index (χ0n) is 13.9. The number of aromatic amines is 1. The number of aryl methyl sites for hydroxylation is 1. The van der Waals surface area contributed by atoms with Crippen molar-refractivity contribution in [2.45, 2.75) is 30.7 Å². The van der Waals surface area contributed by atoms with E-state index in [0.29, 0.717) is 29.7 Å². The smallest absolute Gasteiger partial charge is 0.251 e. The van der Waals surface area contributed by atoms with E-state index in [-0.39, 0.29) is 16.7 Å². The van der Waals surface area contributed by atoms with E-state index >= 15 is 0 Å². The van der Waals surface area contributed by atoms with Gasteiger partial charge >= 0.3 is 0 Å². The lowest BCUT2D eigenvalue weighted by Crippen LogP contribution is -2.32. The Kier molecular flexibility index (Phi) is 5.18. The van der Waals surface area contributed by atoms with Crippen molar-refractivity contribution in [3.8, 4) is 0 Å². The molecule has 0 unspecified atom stereocenters. The van der Waals surface area contributed by atoms with Crippen LogP contribution in [-0.2, 0) is 11.2 Å². The highest BCUT2D eigenvalue weighted by Crippen LogP contribution is 2.18. The number of H-pyrrole nitrogens is 1. The van der Waals surface area contributed by atoms with Crippen molar-refractivity contribution in [2.24, 2.45) is 0 Å². The first-order chi connectivity index (χ1) is 12.0. The Hall–Kier alpha value is -2.61. The summed E-state index contributed by atoms with van der Waals surface area (Å²) in [6, 6.07) is 8.95. The summed E-state index contributed by atoms with van der Waals surface area (Å²) in [5.41, 5.74) is 1.94. The molecule has 0 aliphatic heterocycles. The number of nitrogens with zero attached hydrogens (tertiary/aromatic N) is 2. The Morgan fingerprint density at radius 2 is 2.16 bits per heavy atom. The van der Waals surface area contributed by atoms with Crippen molar-refractivity contribution in [1.29, 1.82) is 0 Å². The number of hydrogen-bond acceptors (Lipinski definition) is 6. The third-order valence-electron chi connectivity index (χ3n) is 3.48. The maximum Gasteiger partial charge on any atom is 0.251 e. The largest absolute Gasteiger partial charge is 0.441 e. The van der Waals surface area contributed by atoms with Crippen molar-refractivity contribution in [1.82, 2.24) is 20.3 Å². The highest BCUT2D eigenvalue weighted by molar-refractivity contribution is 8.00. The molecule has 0 bridgehead atoms. The van der Waals surface area contributed by atoms with Crippen LogP contribution < -0.4 is 10.9 Å².